The van der Waals surface area contributed by atoms with Gasteiger partial charge in [-0.15, -0.1) is 0 Å². The normalized spacial score (nSPS) is 15.1. The summed E-state index contributed by atoms with van der Waals surface area (Å²) in [6.45, 7) is 0. The lowest BCUT2D eigenvalue weighted by atomic mass is 9.95. The molecule has 1 aliphatic heterocycles. The summed E-state index contributed by atoms with van der Waals surface area (Å²) in [7, 11) is -3.95. The smallest absolute Gasteiger partial charge is 0.252 e. The molecule has 0 unspecified atom stereocenters. The predicted octanol–water partition coefficient (Wildman–Crippen LogP) is 5.00. The largest absolute Gasteiger partial charge is 0.341 e. The van der Waals surface area contributed by atoms with Gasteiger partial charge >= 0.3 is 0 Å². The summed E-state index contributed by atoms with van der Waals surface area (Å²) < 4.78 is 43.5. The maximum atomic E-state index is 14.2. The molecule has 5 aromatic rings. The number of hydrogen-bond acceptors (Lipinski definition) is 5. The fraction of sp³-hybridized carbons (Fsp3) is 0.0741. The highest BCUT2D eigenvalue weighted by atomic mass is 35.5. The van der Waals surface area contributed by atoms with Crippen LogP contribution in [0, 0.1) is 5.82 Å². The molecule has 7 nitrogen and oxygen atoms in total. The van der Waals surface area contributed by atoms with Crippen LogP contribution in [0.1, 0.15) is 33.1 Å². The number of carbonyl (C=O) groups is 1. The van der Waals surface area contributed by atoms with E-state index in [1.165, 1.54) is 24.5 Å². The Morgan fingerprint density at radius 1 is 1.00 bits per heavy atom. The van der Waals surface area contributed by atoms with Crippen molar-refractivity contribution in [3.63, 3.8) is 0 Å². The van der Waals surface area contributed by atoms with Gasteiger partial charge in [0.1, 0.15) is 12.1 Å². The highest BCUT2D eigenvalue weighted by Gasteiger charge is 2.37. The van der Waals surface area contributed by atoms with Crippen LogP contribution in [-0.4, -0.2) is 28.9 Å². The van der Waals surface area contributed by atoms with E-state index in [1.54, 1.807) is 65.3 Å². The molecule has 0 fully saturated rings. The molecule has 6 rings (SSSR count). The minimum atomic E-state index is -3.95. The minimum Gasteiger partial charge on any atom is -0.341 e. The van der Waals surface area contributed by atoms with Crippen molar-refractivity contribution in [2.45, 2.75) is 16.7 Å². The molecule has 0 aliphatic carbocycles. The Labute approximate surface area is 216 Å². The van der Waals surface area contributed by atoms with Gasteiger partial charge in [-0.3, -0.25) is 4.79 Å². The van der Waals surface area contributed by atoms with Crippen molar-refractivity contribution in [2.75, 3.05) is 0 Å². The van der Waals surface area contributed by atoms with Gasteiger partial charge in [0.15, 0.2) is 15.5 Å². The summed E-state index contributed by atoms with van der Waals surface area (Å²) in [6.07, 6.45) is 3.13. The van der Waals surface area contributed by atoms with E-state index in [9.17, 15) is 17.6 Å². The molecule has 0 bridgehead atoms. The van der Waals surface area contributed by atoms with E-state index in [0.29, 0.717) is 22.3 Å². The van der Waals surface area contributed by atoms with Crippen LogP contribution in [-0.2, 0) is 15.6 Å². The number of nitrogens with zero attached hydrogens (tertiary/aromatic N) is 3. The van der Waals surface area contributed by atoms with Crippen molar-refractivity contribution >= 4 is 33.0 Å². The van der Waals surface area contributed by atoms with Crippen LogP contribution in [0.15, 0.2) is 90.2 Å². The third-order valence-corrected chi connectivity index (χ3v) is 8.43. The van der Waals surface area contributed by atoms with Gasteiger partial charge in [-0.05, 0) is 53.6 Å². The molecule has 3 aromatic carbocycles. The molecule has 10 heteroatoms. The molecule has 1 atom stereocenters. The average molecular weight is 533 g/mol. The van der Waals surface area contributed by atoms with Gasteiger partial charge in [0.05, 0.1) is 16.7 Å². The van der Waals surface area contributed by atoms with Gasteiger partial charge in [-0.1, -0.05) is 41.9 Å². The molecule has 37 heavy (non-hydrogen) atoms. The molecule has 0 spiro atoms. The molecular weight excluding hydrogens is 515 g/mol. The standard InChI is InChI=1S/C27H18ClFN4O3S/c28-22-8-7-19(29)12-20(22)26-25-21(27(34)32-26)10-18(17-6-9-24-30-15-31-33(24)13-17)11-23(25)37(35,36)14-16-4-2-1-3-5-16/h1-13,15,26H,14H2,(H,32,34)/t26-/m1/s1. The Morgan fingerprint density at radius 2 is 1.81 bits per heavy atom. The molecule has 0 saturated carbocycles. The van der Waals surface area contributed by atoms with E-state index in [0.717, 1.165) is 0 Å². The van der Waals surface area contributed by atoms with Crippen LogP contribution in [0.5, 0.6) is 0 Å². The summed E-state index contributed by atoms with van der Waals surface area (Å²) in [5.41, 5.74) is 3.11. The van der Waals surface area contributed by atoms with Gasteiger partial charge in [-0.2, -0.15) is 5.10 Å². The van der Waals surface area contributed by atoms with E-state index >= 15 is 0 Å². The van der Waals surface area contributed by atoms with Crippen molar-refractivity contribution < 1.29 is 17.6 Å². The summed E-state index contributed by atoms with van der Waals surface area (Å²) >= 11 is 6.38. The van der Waals surface area contributed by atoms with Gasteiger partial charge in [0, 0.05) is 33.5 Å². The number of hydrogen-bond donors (Lipinski definition) is 1. The van der Waals surface area contributed by atoms with Gasteiger partial charge in [0.25, 0.3) is 5.91 Å². The zero-order valence-electron chi connectivity index (χ0n) is 19.1. The number of halogens is 2. The van der Waals surface area contributed by atoms with Crippen LogP contribution in [0.2, 0.25) is 5.02 Å². The van der Waals surface area contributed by atoms with Crippen molar-refractivity contribution in [1.82, 2.24) is 19.9 Å². The molecule has 0 saturated heterocycles. The highest BCUT2D eigenvalue weighted by molar-refractivity contribution is 7.90. The fourth-order valence-electron chi connectivity index (χ4n) is 4.65. The second-order valence-corrected chi connectivity index (χ2v) is 11.1. The molecule has 3 heterocycles. The summed E-state index contributed by atoms with van der Waals surface area (Å²) in [6, 6.07) is 18.4. The lowest BCUT2D eigenvalue weighted by Crippen LogP contribution is -2.21. The third-order valence-electron chi connectivity index (χ3n) is 6.36. The Morgan fingerprint density at radius 3 is 2.62 bits per heavy atom. The molecule has 1 N–H and O–H groups in total. The molecule has 1 amide bonds. The van der Waals surface area contributed by atoms with Crippen molar-refractivity contribution in [2.24, 2.45) is 0 Å². The van der Waals surface area contributed by atoms with Crippen molar-refractivity contribution in [3.05, 3.63) is 118 Å². The molecule has 184 valence electrons. The van der Waals surface area contributed by atoms with Crippen LogP contribution < -0.4 is 5.32 Å². The Hall–Kier alpha value is -4.08. The highest BCUT2D eigenvalue weighted by Crippen LogP contribution is 2.41. The lowest BCUT2D eigenvalue weighted by Gasteiger charge is -2.19. The van der Waals surface area contributed by atoms with Crippen LogP contribution in [0.4, 0.5) is 4.39 Å². The minimum absolute atomic E-state index is 0.0220. The number of rotatable bonds is 5. The first-order valence-electron chi connectivity index (χ1n) is 11.3. The number of amides is 1. The Balaban J connectivity index is 1.59. The summed E-state index contributed by atoms with van der Waals surface area (Å²) in [5, 5.41) is 7.16. The van der Waals surface area contributed by atoms with E-state index < -0.39 is 27.6 Å². The van der Waals surface area contributed by atoms with E-state index in [1.807, 2.05) is 0 Å². The molecule has 1 aliphatic rings. The maximum absolute atomic E-state index is 14.2. The van der Waals surface area contributed by atoms with E-state index in [-0.39, 0.29) is 32.4 Å². The number of carbonyl (C=O) groups excluding carboxylic acids is 1. The quantitative estimate of drug-likeness (QED) is 0.344. The first-order chi connectivity index (χ1) is 17.8. The SMILES string of the molecule is O=C1N[C@H](c2cc(F)ccc2Cl)c2c1cc(-c1ccc3ncnn3c1)cc2S(=O)(=O)Cc1ccccc1. The number of benzene rings is 3. The van der Waals surface area contributed by atoms with Gasteiger partial charge in [-0.25, -0.2) is 22.3 Å². The monoisotopic (exact) mass is 532 g/mol. The van der Waals surface area contributed by atoms with E-state index in [2.05, 4.69) is 15.4 Å². The van der Waals surface area contributed by atoms with E-state index in [4.69, 9.17) is 11.6 Å². The second kappa shape index (κ2) is 8.79. The summed E-state index contributed by atoms with van der Waals surface area (Å²) in [4.78, 5) is 17.3. The maximum Gasteiger partial charge on any atom is 0.252 e. The third kappa shape index (κ3) is 4.16. The number of sulfone groups is 1. The Kier molecular flexibility index (Phi) is 5.54. The Bertz CT molecular complexity index is 1810. The van der Waals surface area contributed by atoms with Crippen LogP contribution in [0.3, 0.4) is 0 Å². The lowest BCUT2D eigenvalue weighted by molar-refractivity contribution is 0.0960. The first kappa shape index (κ1) is 23.3. The molecule has 2 aromatic heterocycles. The van der Waals surface area contributed by atoms with Crippen molar-refractivity contribution in [3.8, 4) is 11.1 Å². The van der Waals surface area contributed by atoms with Crippen molar-refractivity contribution in [1.29, 1.82) is 0 Å². The van der Waals surface area contributed by atoms with Gasteiger partial charge in [0.2, 0.25) is 0 Å². The fourth-order valence-corrected chi connectivity index (χ4v) is 6.53. The number of nitrogens with one attached hydrogen (secondary N) is 1. The number of fused-ring (bicyclic) bond motifs is 2. The van der Waals surface area contributed by atoms with Crippen LogP contribution in [0.25, 0.3) is 16.8 Å². The van der Waals surface area contributed by atoms with Crippen LogP contribution >= 0.6 is 11.6 Å². The second-order valence-electron chi connectivity index (χ2n) is 8.73. The molecular formula is C27H18ClFN4O3S. The zero-order valence-corrected chi connectivity index (χ0v) is 20.7. The molecule has 0 radical (unpaired) electrons. The first-order valence-corrected chi connectivity index (χ1v) is 13.3. The summed E-state index contributed by atoms with van der Waals surface area (Å²) in [5.74, 6) is -1.29. The zero-order chi connectivity index (χ0) is 25.7. The van der Waals surface area contributed by atoms with Gasteiger partial charge < -0.3 is 5.32 Å². The number of aromatic nitrogens is 3. The predicted molar refractivity (Wildman–Crippen MR) is 136 cm³/mol. The topological polar surface area (TPSA) is 93.4 Å². The average Bonchev–Trinajstić information content (AvgIpc) is 3.49. The number of pyridine rings is 1.